The lowest BCUT2D eigenvalue weighted by atomic mass is 9.83. The highest BCUT2D eigenvalue weighted by Crippen LogP contribution is 2.47. The van der Waals surface area contributed by atoms with Gasteiger partial charge in [0.05, 0.1) is 5.69 Å². The Morgan fingerprint density at radius 3 is 2.25 bits per heavy atom. The number of aryl methyl sites for hydroxylation is 2. The number of nitrogens with zero attached hydrogens (tertiary/aromatic N) is 2. The molecule has 3 aliphatic rings. The number of hydrogen-bond donors (Lipinski definition) is 0. The highest BCUT2D eigenvalue weighted by Gasteiger charge is 2.30. The van der Waals surface area contributed by atoms with E-state index in [1.165, 1.54) is 67.0 Å². The van der Waals surface area contributed by atoms with E-state index in [-0.39, 0.29) is 0 Å². The van der Waals surface area contributed by atoms with Gasteiger partial charge in [0.1, 0.15) is 0 Å². The molecule has 0 aromatic heterocycles. The lowest BCUT2D eigenvalue weighted by Gasteiger charge is -2.29. The Balaban J connectivity index is 1.08. The Morgan fingerprint density at radius 1 is 0.667 bits per heavy atom. The van der Waals surface area contributed by atoms with Crippen LogP contribution in [0.25, 0.3) is 16.7 Å². The Kier molecular flexibility index (Phi) is 8.09. The van der Waals surface area contributed by atoms with Gasteiger partial charge < -0.3 is 4.90 Å². The van der Waals surface area contributed by atoms with Gasteiger partial charge in [-0.1, -0.05) is 128 Å². The van der Waals surface area contributed by atoms with Crippen LogP contribution < -0.4 is 4.90 Å². The molecule has 0 aliphatic heterocycles. The summed E-state index contributed by atoms with van der Waals surface area (Å²) in [5, 5.41) is 0. The van der Waals surface area contributed by atoms with Crippen LogP contribution in [0.15, 0.2) is 162 Å². The summed E-state index contributed by atoms with van der Waals surface area (Å²) in [6.07, 6.45) is 9.74. The summed E-state index contributed by atoms with van der Waals surface area (Å²) in [5.41, 5.74) is 20.9. The van der Waals surface area contributed by atoms with Gasteiger partial charge in [-0.05, 0) is 131 Å². The molecule has 1 atom stereocenters. The van der Waals surface area contributed by atoms with Gasteiger partial charge in [0.2, 0.25) is 0 Å². The van der Waals surface area contributed by atoms with E-state index in [1.54, 1.807) is 5.57 Å². The molecule has 0 saturated heterocycles. The molecule has 6 aromatic carbocycles. The maximum absolute atomic E-state index is 5.33. The van der Waals surface area contributed by atoms with E-state index in [1.807, 2.05) is 0 Å². The van der Waals surface area contributed by atoms with Crippen LogP contribution in [-0.4, -0.2) is 5.71 Å². The molecule has 0 N–H and O–H groups in total. The normalized spacial score (nSPS) is 16.0. The van der Waals surface area contributed by atoms with Crippen LogP contribution in [0, 0.1) is 6.92 Å². The van der Waals surface area contributed by atoms with Gasteiger partial charge in [-0.25, -0.2) is 0 Å². The second-order valence-corrected chi connectivity index (χ2v) is 14.2. The topological polar surface area (TPSA) is 15.6 Å². The predicted octanol–water partition coefficient (Wildman–Crippen LogP) is 12.8. The van der Waals surface area contributed by atoms with Crippen LogP contribution in [0.4, 0.5) is 22.7 Å². The molecule has 2 heteroatoms. The van der Waals surface area contributed by atoms with Crippen molar-refractivity contribution in [3.05, 3.63) is 196 Å². The molecule has 0 spiro atoms. The van der Waals surface area contributed by atoms with E-state index >= 15 is 0 Å². The summed E-state index contributed by atoms with van der Waals surface area (Å²) in [6.45, 7) is 4.41. The third-order valence-corrected chi connectivity index (χ3v) is 11.1. The van der Waals surface area contributed by atoms with E-state index < -0.39 is 0 Å². The van der Waals surface area contributed by atoms with Crippen molar-refractivity contribution in [2.45, 2.75) is 51.9 Å². The Hall–Kier alpha value is -5.73. The molecule has 1 unspecified atom stereocenters. The zero-order chi connectivity index (χ0) is 34.3. The number of fused-ring (bicyclic) bond motifs is 6. The fourth-order valence-corrected chi connectivity index (χ4v) is 8.55. The van der Waals surface area contributed by atoms with E-state index in [0.717, 1.165) is 49.2 Å². The summed E-state index contributed by atoms with van der Waals surface area (Å²) in [7, 11) is 0. The van der Waals surface area contributed by atoms with Crippen molar-refractivity contribution in [2.24, 2.45) is 4.99 Å². The van der Waals surface area contributed by atoms with Gasteiger partial charge in [0.15, 0.2) is 0 Å². The fourth-order valence-electron chi connectivity index (χ4n) is 8.55. The summed E-state index contributed by atoms with van der Waals surface area (Å²) < 4.78 is 0. The predicted molar refractivity (Wildman–Crippen MR) is 215 cm³/mol. The summed E-state index contributed by atoms with van der Waals surface area (Å²) in [6, 6.07) is 51.2. The average molecular weight is 659 g/mol. The zero-order valence-corrected chi connectivity index (χ0v) is 29.4. The van der Waals surface area contributed by atoms with Crippen LogP contribution in [0.3, 0.4) is 0 Å². The second kappa shape index (κ2) is 13.2. The molecule has 0 heterocycles. The van der Waals surface area contributed by atoms with Gasteiger partial charge in [0.25, 0.3) is 0 Å². The summed E-state index contributed by atoms with van der Waals surface area (Å²) in [5.74, 6) is 0.487. The maximum Gasteiger partial charge on any atom is 0.0700 e. The minimum absolute atomic E-state index is 0.487. The molecular weight excluding hydrogens is 617 g/mol. The number of allylic oxidation sites excluding steroid dienone is 4. The summed E-state index contributed by atoms with van der Waals surface area (Å²) in [4.78, 5) is 7.76. The average Bonchev–Trinajstić information content (AvgIpc) is 3.56. The lowest BCUT2D eigenvalue weighted by Crippen LogP contribution is -2.12. The highest BCUT2D eigenvalue weighted by atomic mass is 15.1. The number of anilines is 3. The van der Waals surface area contributed by atoms with E-state index in [0.29, 0.717) is 5.92 Å². The second-order valence-electron chi connectivity index (χ2n) is 14.2. The molecule has 0 radical (unpaired) electrons. The van der Waals surface area contributed by atoms with Crippen LogP contribution in [0.1, 0.15) is 64.6 Å². The van der Waals surface area contributed by atoms with E-state index in [4.69, 9.17) is 4.99 Å². The van der Waals surface area contributed by atoms with Crippen LogP contribution in [0.2, 0.25) is 0 Å². The van der Waals surface area contributed by atoms with Crippen molar-refractivity contribution in [3.63, 3.8) is 0 Å². The van der Waals surface area contributed by atoms with Gasteiger partial charge in [-0.2, -0.15) is 0 Å². The quantitative estimate of drug-likeness (QED) is 0.156. The van der Waals surface area contributed by atoms with E-state index in [9.17, 15) is 0 Å². The molecule has 0 bridgehead atoms. The lowest BCUT2D eigenvalue weighted by molar-refractivity contribution is 0.834. The third kappa shape index (κ3) is 5.75. The minimum Gasteiger partial charge on any atom is -0.310 e. The molecule has 9 rings (SSSR count). The number of para-hydroxylation sites is 1. The van der Waals surface area contributed by atoms with Crippen molar-refractivity contribution in [2.75, 3.05) is 4.90 Å². The van der Waals surface area contributed by atoms with Crippen molar-refractivity contribution in [1.29, 1.82) is 0 Å². The van der Waals surface area contributed by atoms with Crippen molar-refractivity contribution in [3.8, 4) is 11.1 Å². The first kappa shape index (κ1) is 31.3. The molecule has 51 heavy (non-hydrogen) atoms. The molecule has 3 aliphatic carbocycles. The number of benzene rings is 6. The standard InChI is InChI=1S/C49H42N2/c1-3-48(34-13-6-4-7-14-34)50-49-33(2)21-26-45-44-28-25-42(31-39(44)24-27-46(45)49)51(40-17-8-5-9-18-40)41-19-12-16-35(30-41)36-22-23-38-29-37-15-10-11-20-43(37)47(38)32-36/h4-23,25-26,28,30-31,47H,3,24,27,29,32H2,1-2H3/b50-48+. The van der Waals surface area contributed by atoms with Crippen molar-refractivity contribution < 1.29 is 0 Å². The fraction of sp³-hybridized carbons (Fsp3) is 0.163. The molecule has 0 fully saturated rings. The Bertz CT molecular complexity index is 2360. The van der Waals surface area contributed by atoms with Crippen molar-refractivity contribution >= 4 is 34.0 Å². The zero-order valence-electron chi connectivity index (χ0n) is 29.4. The monoisotopic (exact) mass is 658 g/mol. The first-order valence-electron chi connectivity index (χ1n) is 18.5. The minimum atomic E-state index is 0.487. The molecule has 6 aromatic rings. The van der Waals surface area contributed by atoms with Crippen molar-refractivity contribution in [1.82, 2.24) is 0 Å². The highest BCUT2D eigenvalue weighted by molar-refractivity contribution is 6.02. The van der Waals surface area contributed by atoms with Crippen LogP contribution in [-0.2, 0) is 19.3 Å². The first-order valence-corrected chi connectivity index (χ1v) is 18.5. The SMILES string of the molecule is CC/C(=N\c1c(C)ccc2c1CCc1cc(N(c3ccccc3)c3cccc(C4=CC=C5Cc6ccccc6C5C4)c3)ccc1-2)c1ccccc1. The van der Waals surface area contributed by atoms with Gasteiger partial charge >= 0.3 is 0 Å². The number of hydrogen-bond acceptors (Lipinski definition) is 2. The first-order chi connectivity index (χ1) is 25.1. The van der Waals surface area contributed by atoms with Gasteiger partial charge in [-0.3, -0.25) is 4.99 Å². The molecule has 248 valence electrons. The Labute approximate surface area is 302 Å². The number of rotatable bonds is 7. The smallest absolute Gasteiger partial charge is 0.0700 e. The largest absolute Gasteiger partial charge is 0.310 e. The summed E-state index contributed by atoms with van der Waals surface area (Å²) >= 11 is 0. The molecule has 0 amide bonds. The van der Waals surface area contributed by atoms with Crippen LogP contribution in [0.5, 0.6) is 0 Å². The number of aliphatic imine (C=N–C) groups is 1. The van der Waals surface area contributed by atoms with E-state index in [2.05, 4.69) is 170 Å². The van der Waals surface area contributed by atoms with Gasteiger partial charge in [0, 0.05) is 28.7 Å². The molecule has 0 saturated carbocycles. The molecule has 2 nitrogen and oxygen atoms in total. The van der Waals surface area contributed by atoms with Crippen LogP contribution >= 0.6 is 0 Å². The molecular formula is C49H42N2. The Morgan fingerprint density at radius 2 is 1.41 bits per heavy atom. The van der Waals surface area contributed by atoms with Gasteiger partial charge in [-0.15, -0.1) is 0 Å². The maximum atomic E-state index is 5.33. The third-order valence-electron chi connectivity index (χ3n) is 11.1.